The number of aliphatic hydroxyl groups is 2. The van der Waals surface area contributed by atoms with Crippen LogP contribution in [-0.4, -0.2) is 277 Å². The highest BCUT2D eigenvalue weighted by Crippen LogP contribution is 2.42. The van der Waals surface area contributed by atoms with Gasteiger partial charge in [-0.25, -0.2) is 34.8 Å². The van der Waals surface area contributed by atoms with Gasteiger partial charge in [0.1, 0.15) is 0 Å². The van der Waals surface area contributed by atoms with Crippen LogP contribution in [0.1, 0.15) is 113 Å². The molecule has 41 heteroatoms. The van der Waals surface area contributed by atoms with E-state index in [0.717, 1.165) is 76.3 Å². The lowest BCUT2D eigenvalue weighted by atomic mass is 9.85. The first-order valence-corrected chi connectivity index (χ1v) is 47.0. The van der Waals surface area contributed by atoms with Crippen molar-refractivity contribution < 1.29 is 112 Å². The molecule has 6 aromatic rings. The lowest BCUT2D eigenvalue weighted by Crippen LogP contribution is -2.47. The van der Waals surface area contributed by atoms with Gasteiger partial charge in [-0.05, 0) is 163 Å². The number of nitrogens with zero attached hydrogens (tertiary/aromatic N) is 5. The van der Waals surface area contributed by atoms with Gasteiger partial charge in [0.15, 0.2) is 29.5 Å². The van der Waals surface area contributed by atoms with E-state index < -0.39 is 89.1 Å². The Morgan fingerprint density at radius 2 is 0.669 bits per heavy atom. The number of hydrogen-bond acceptors (Lipinski definition) is 28. The van der Waals surface area contributed by atoms with E-state index in [1.54, 1.807) is 54.6 Å². The summed E-state index contributed by atoms with van der Waals surface area (Å²) in [4.78, 5) is 108. The monoisotopic (exact) mass is 1900 g/mol. The molecule has 5 aliphatic heterocycles. The minimum Gasteiger partial charge on any atom is -0.379 e. The Hall–Kier alpha value is -7.41. The average molecular weight is 1900 g/mol. The molecule has 5 aliphatic rings. The molecule has 6 N–H and O–H groups in total. The van der Waals surface area contributed by atoms with Gasteiger partial charge in [-0.1, -0.05) is 106 Å². The van der Waals surface area contributed by atoms with Crippen molar-refractivity contribution in [3.63, 3.8) is 0 Å². The Labute approximate surface area is 749 Å². The van der Waals surface area contributed by atoms with Gasteiger partial charge in [-0.15, -0.1) is 10.1 Å². The molecule has 32 nitrogen and oxygen atoms in total. The maximum Gasteiger partial charge on any atom is 0.373 e. The van der Waals surface area contributed by atoms with Crippen LogP contribution < -0.4 is 16.4 Å². The quantitative estimate of drug-likeness (QED) is 0.0141. The Bertz CT molecular complexity index is 4830. The zero-order chi connectivity index (χ0) is 90.0. The van der Waals surface area contributed by atoms with Crippen LogP contribution in [0.4, 0.5) is 0 Å². The molecule has 124 heavy (non-hydrogen) atoms. The van der Waals surface area contributed by atoms with Crippen LogP contribution in [0.2, 0.25) is 30.1 Å². The first-order valence-electron chi connectivity index (χ1n) is 39.8. The molecule has 2 fully saturated rings. The minimum atomic E-state index is -3.53. The number of halogens is 6. The number of nitrogens with two attached hydrogens (primary N) is 1. The number of hydrogen-bond donors (Lipinski definition) is 5. The van der Waals surface area contributed by atoms with Crippen molar-refractivity contribution in [2.45, 2.75) is 109 Å². The number of aliphatic hydroxyl groups excluding tert-OH is 2. The molecule has 0 aliphatic carbocycles. The van der Waals surface area contributed by atoms with Crippen molar-refractivity contribution in [1.29, 1.82) is 0 Å². The van der Waals surface area contributed by atoms with Crippen LogP contribution in [0.25, 0.3) is 0 Å². The molecule has 0 saturated carbocycles. The molecule has 5 heterocycles. The van der Waals surface area contributed by atoms with Gasteiger partial charge in [0.05, 0.1) is 91.4 Å². The van der Waals surface area contributed by atoms with E-state index in [-0.39, 0.29) is 159 Å². The molecular weight excluding hydrogens is 1800 g/mol. The van der Waals surface area contributed by atoms with Crippen molar-refractivity contribution >= 4 is 146 Å². The molecule has 0 bridgehead atoms. The molecule has 676 valence electrons. The third-order valence-corrected chi connectivity index (χ3v) is 27.4. The van der Waals surface area contributed by atoms with Crippen LogP contribution in [0.3, 0.4) is 0 Å². The second kappa shape index (κ2) is 48.1. The highest BCUT2D eigenvalue weighted by molar-refractivity contribution is 7.92. The number of benzene rings is 6. The zero-order valence-electron chi connectivity index (χ0n) is 68.4. The summed E-state index contributed by atoms with van der Waals surface area (Å²) in [5.74, 6) is -8.33. The molecule has 6 amide bonds. The average Bonchev–Trinajstić information content (AvgIpc) is 0.937. The first-order chi connectivity index (χ1) is 59.0. The second-order valence-corrected chi connectivity index (χ2v) is 38.5. The maximum absolute atomic E-state index is 13.0. The summed E-state index contributed by atoms with van der Waals surface area (Å²) in [6.07, 6.45) is -4.10. The molecular formula is C83H100Cl6N8O24S3. The molecule has 3 atom stereocenters. The Morgan fingerprint density at radius 1 is 0.403 bits per heavy atom. The third kappa shape index (κ3) is 29.1. The Balaban J connectivity index is 0.000000262. The molecule has 3 unspecified atom stereocenters. The SMILES string of the molecule is CN1Cc2c(Cl)cc(Cl)cc2C(c2ccc(S(=O)(=O)CCCOCCOCCN)cc2)C1.CN1Cc2c(Cl)cc(Cl)cc2C(c2ccc(S(=O)(=O)CCCOCCOCCNC(=O)C(O)C(=O)NCCOCCOCCCS(=O)(=O)c3ccc(C4CN(C)Cc5c(Cl)cc(Cl)cc54)cc3)cc2)C1.O=C(ON1C(=O)CCC1=O)C(O)C(=O)ON1C(=O)CCC1=O. The fourth-order valence-electron chi connectivity index (χ4n) is 14.1. The van der Waals surface area contributed by atoms with E-state index in [1.165, 1.54) is 0 Å². The largest absolute Gasteiger partial charge is 0.379 e. The lowest BCUT2D eigenvalue weighted by molar-refractivity contribution is -0.215. The van der Waals surface area contributed by atoms with Crippen molar-refractivity contribution in [2.24, 2.45) is 5.73 Å². The Morgan fingerprint density at radius 3 is 0.944 bits per heavy atom. The van der Waals surface area contributed by atoms with Crippen LogP contribution in [0.5, 0.6) is 0 Å². The predicted molar refractivity (Wildman–Crippen MR) is 460 cm³/mol. The normalized spacial score (nSPS) is 17.2. The summed E-state index contributed by atoms with van der Waals surface area (Å²) >= 11 is 38.3. The molecule has 11 rings (SSSR count). The minimum absolute atomic E-state index is 0.00139. The topological polar surface area (TPSA) is 420 Å². The highest BCUT2D eigenvalue weighted by Gasteiger charge is 2.41. The molecule has 0 spiro atoms. The number of carbonyl (C=O) groups excluding carboxylic acids is 8. The van der Waals surface area contributed by atoms with E-state index >= 15 is 0 Å². The summed E-state index contributed by atoms with van der Waals surface area (Å²) in [6, 6.07) is 32.1. The van der Waals surface area contributed by atoms with Gasteiger partial charge in [-0.2, -0.15) is 0 Å². The van der Waals surface area contributed by atoms with Crippen LogP contribution in [0, 0.1) is 0 Å². The summed E-state index contributed by atoms with van der Waals surface area (Å²) in [5.41, 5.74) is 14.6. The fourth-order valence-corrected chi connectivity index (χ4v) is 19.6. The molecule has 0 aromatic heterocycles. The number of fused-ring (bicyclic) bond motifs is 3. The molecule has 2 saturated heterocycles. The number of amides is 6. The summed E-state index contributed by atoms with van der Waals surface area (Å²) in [5, 5.41) is 28.2. The number of rotatable bonds is 41. The van der Waals surface area contributed by atoms with Crippen molar-refractivity contribution in [3.05, 3.63) is 189 Å². The number of ether oxygens (including phenoxy) is 6. The van der Waals surface area contributed by atoms with Gasteiger partial charge in [0.2, 0.25) is 6.10 Å². The van der Waals surface area contributed by atoms with E-state index in [0.29, 0.717) is 87.5 Å². The number of sulfone groups is 3. The fraction of sp³-hybridized carbons (Fsp3) is 0.470. The van der Waals surface area contributed by atoms with Crippen LogP contribution in [-0.2, 0) is 126 Å². The van der Waals surface area contributed by atoms with Gasteiger partial charge in [-0.3, -0.25) is 28.8 Å². The molecule has 0 radical (unpaired) electrons. The van der Waals surface area contributed by atoms with Gasteiger partial charge < -0.3 is 79.4 Å². The third-order valence-electron chi connectivity index (χ3n) is 20.3. The number of nitrogens with one attached hydrogen (secondary N) is 2. The Kier molecular flexibility index (Phi) is 38.9. The van der Waals surface area contributed by atoms with E-state index in [9.17, 15) is 73.8 Å². The maximum atomic E-state index is 13.0. The van der Waals surface area contributed by atoms with Gasteiger partial charge in [0, 0.05) is 152 Å². The van der Waals surface area contributed by atoms with Crippen molar-refractivity contribution in [1.82, 2.24) is 35.5 Å². The summed E-state index contributed by atoms with van der Waals surface area (Å²) in [6.45, 7) is 8.18. The van der Waals surface area contributed by atoms with E-state index in [4.69, 9.17) is 104 Å². The van der Waals surface area contributed by atoms with E-state index in [1.807, 2.05) is 75.7 Å². The molecule has 6 aromatic carbocycles. The first kappa shape index (κ1) is 100. The van der Waals surface area contributed by atoms with Crippen LogP contribution >= 0.6 is 69.6 Å². The van der Waals surface area contributed by atoms with Crippen molar-refractivity contribution in [3.8, 4) is 0 Å². The van der Waals surface area contributed by atoms with Gasteiger partial charge in [0.25, 0.3) is 41.5 Å². The van der Waals surface area contributed by atoms with Crippen molar-refractivity contribution in [2.75, 3.05) is 157 Å². The standard InChI is InChI=1S/C49H60Cl4N4O11S2.C23H30Cl2N2O4S.C11H10N2O9/c1-56-29-41(39-25-35(50)27-45(52)43(39)31-56)33-5-9-37(10-6-33)69(61,62)23-3-15-65-19-21-67-17-13-54-48(59)47(58)49(60)55-14-18-68-22-20-66-16-4-24-70(63,64)38-11-7-34(8-12-38)42-30-57(2)32-44-40(42)26-36(51)28-46(44)53;1-27-15-21(20-13-18(24)14-23(25)22(20)16-27)17-3-5-19(6-4-17)32(28,29)12-2-8-30-10-11-31-9-7-26;14-5-1-2-6(15)12(5)21-10(19)9(18)11(20)22-13-7(16)3-4-8(13)17/h5-12,25-28,41-42,47,58H,3-4,13-24,29-32H2,1-2H3,(H,54,59)(H,55,60);3-6,13-14,21H,2,7-12,15-16,26H2,1H3;9,18H,1-4H2. The zero-order valence-corrected chi connectivity index (χ0v) is 75.4. The number of imide groups is 2. The smallest absolute Gasteiger partial charge is 0.373 e. The predicted octanol–water partition coefficient (Wildman–Crippen LogP) is 7.43. The van der Waals surface area contributed by atoms with Gasteiger partial charge >= 0.3 is 11.9 Å². The number of likely N-dealkylation sites (N-methyl/N-ethyl adjacent to an activating group) is 3. The number of hydroxylamine groups is 4. The lowest BCUT2D eigenvalue weighted by Gasteiger charge is -2.33. The second-order valence-electron chi connectivity index (χ2n) is 29.7. The summed E-state index contributed by atoms with van der Waals surface area (Å²) < 4.78 is 110. The van der Waals surface area contributed by atoms with Crippen LogP contribution in [0.15, 0.2) is 124 Å². The highest BCUT2D eigenvalue weighted by atomic mass is 35.5. The number of carbonyl (C=O) groups is 8. The summed E-state index contributed by atoms with van der Waals surface area (Å²) in [7, 11) is -4.36. The van der Waals surface area contributed by atoms with E-state index in [2.05, 4.69) is 35.0 Å².